The maximum atomic E-state index is 12.3. The lowest BCUT2D eigenvalue weighted by molar-refractivity contribution is -0.159. The number of amides is 2. The number of piperazine rings is 1. The highest BCUT2D eigenvalue weighted by atomic mass is 16.2. The Morgan fingerprint density at radius 2 is 1.94 bits per heavy atom. The summed E-state index contributed by atoms with van der Waals surface area (Å²) in [4.78, 5) is 26.4. The molecule has 2 rings (SSSR count). The highest BCUT2D eigenvalue weighted by Crippen LogP contribution is 2.34. The summed E-state index contributed by atoms with van der Waals surface area (Å²) in [6, 6.07) is -0.108. The molecule has 1 aliphatic heterocycles. The van der Waals surface area contributed by atoms with Crippen molar-refractivity contribution >= 4 is 11.8 Å². The van der Waals surface area contributed by atoms with Gasteiger partial charge < -0.3 is 10.2 Å². The summed E-state index contributed by atoms with van der Waals surface area (Å²) < 4.78 is 0. The number of hydrogen-bond acceptors (Lipinski definition) is 2. The van der Waals surface area contributed by atoms with Crippen molar-refractivity contribution in [2.45, 2.75) is 70.5 Å². The molecule has 4 nitrogen and oxygen atoms in total. The number of carbonyl (C=O) groups is 2. The van der Waals surface area contributed by atoms with Gasteiger partial charge in [-0.05, 0) is 33.1 Å². The van der Waals surface area contributed by atoms with Crippen LogP contribution < -0.4 is 5.32 Å². The van der Waals surface area contributed by atoms with Gasteiger partial charge in [0.15, 0.2) is 0 Å². The lowest BCUT2D eigenvalue weighted by Crippen LogP contribution is -2.70. The van der Waals surface area contributed by atoms with Crippen LogP contribution in [0.3, 0.4) is 0 Å². The number of rotatable bonds is 2. The Morgan fingerprint density at radius 1 is 1.35 bits per heavy atom. The van der Waals surface area contributed by atoms with Crippen LogP contribution in [-0.4, -0.2) is 34.3 Å². The SMILES string of the molecule is CCC1(C)C(=O)NC(C)C(=O)N1C1CCCC1. The quantitative estimate of drug-likeness (QED) is 0.791. The molecule has 1 heterocycles. The monoisotopic (exact) mass is 238 g/mol. The van der Waals surface area contributed by atoms with Crippen LogP contribution in [0.1, 0.15) is 52.9 Å². The fourth-order valence-corrected chi connectivity index (χ4v) is 3.05. The van der Waals surface area contributed by atoms with E-state index in [0.717, 1.165) is 12.8 Å². The van der Waals surface area contributed by atoms with Gasteiger partial charge >= 0.3 is 0 Å². The Bertz CT molecular complexity index is 336. The Balaban J connectivity index is 2.33. The van der Waals surface area contributed by atoms with Gasteiger partial charge in [0.25, 0.3) is 0 Å². The van der Waals surface area contributed by atoms with E-state index in [0.29, 0.717) is 6.42 Å². The predicted molar refractivity (Wildman–Crippen MR) is 65.4 cm³/mol. The maximum Gasteiger partial charge on any atom is 0.246 e. The van der Waals surface area contributed by atoms with Crippen molar-refractivity contribution in [3.63, 3.8) is 0 Å². The van der Waals surface area contributed by atoms with Crippen LogP contribution in [0.4, 0.5) is 0 Å². The smallest absolute Gasteiger partial charge is 0.246 e. The summed E-state index contributed by atoms with van der Waals surface area (Å²) in [5, 5.41) is 2.79. The lowest BCUT2D eigenvalue weighted by atomic mass is 9.88. The van der Waals surface area contributed by atoms with E-state index in [1.807, 2.05) is 18.7 Å². The van der Waals surface area contributed by atoms with Crippen molar-refractivity contribution in [3.8, 4) is 0 Å². The molecule has 1 saturated heterocycles. The highest BCUT2D eigenvalue weighted by molar-refractivity contribution is 5.99. The number of hydrogen-bond donors (Lipinski definition) is 1. The van der Waals surface area contributed by atoms with Gasteiger partial charge in [-0.15, -0.1) is 0 Å². The molecule has 0 aromatic rings. The molecule has 2 atom stereocenters. The van der Waals surface area contributed by atoms with Crippen LogP contribution >= 0.6 is 0 Å². The molecule has 0 aromatic carbocycles. The standard InChI is InChI=1S/C13H22N2O2/c1-4-13(3)12(17)14-9(2)11(16)15(13)10-7-5-6-8-10/h9-10H,4-8H2,1-3H3,(H,14,17). The Hall–Kier alpha value is -1.06. The predicted octanol–water partition coefficient (Wildman–Crippen LogP) is 1.44. The zero-order valence-corrected chi connectivity index (χ0v) is 11.0. The van der Waals surface area contributed by atoms with Crippen LogP contribution in [0.25, 0.3) is 0 Å². The third-order valence-corrected chi connectivity index (χ3v) is 4.35. The van der Waals surface area contributed by atoms with Gasteiger partial charge in [-0.3, -0.25) is 9.59 Å². The van der Waals surface area contributed by atoms with Crippen molar-refractivity contribution in [2.75, 3.05) is 0 Å². The van der Waals surface area contributed by atoms with E-state index in [1.54, 1.807) is 6.92 Å². The summed E-state index contributed by atoms with van der Waals surface area (Å²) in [7, 11) is 0. The van der Waals surface area contributed by atoms with E-state index in [9.17, 15) is 9.59 Å². The molecule has 1 aliphatic carbocycles. The fraction of sp³-hybridized carbons (Fsp3) is 0.846. The molecule has 4 heteroatoms. The molecule has 0 radical (unpaired) electrons. The lowest BCUT2D eigenvalue weighted by Gasteiger charge is -2.48. The Kier molecular flexibility index (Phi) is 3.15. The number of carbonyl (C=O) groups excluding carboxylic acids is 2. The van der Waals surface area contributed by atoms with E-state index in [1.165, 1.54) is 12.8 Å². The van der Waals surface area contributed by atoms with Crippen molar-refractivity contribution in [3.05, 3.63) is 0 Å². The summed E-state index contributed by atoms with van der Waals surface area (Å²) in [6.07, 6.45) is 5.10. The number of nitrogens with one attached hydrogen (secondary N) is 1. The third kappa shape index (κ3) is 1.83. The molecule has 2 unspecified atom stereocenters. The van der Waals surface area contributed by atoms with Gasteiger partial charge in [0, 0.05) is 6.04 Å². The average molecular weight is 238 g/mol. The first-order valence-electron chi connectivity index (χ1n) is 6.65. The van der Waals surface area contributed by atoms with Gasteiger partial charge in [0.1, 0.15) is 11.6 Å². The minimum Gasteiger partial charge on any atom is -0.343 e. The van der Waals surface area contributed by atoms with Crippen LogP contribution in [0.2, 0.25) is 0 Å². The minimum absolute atomic E-state index is 0.000926. The van der Waals surface area contributed by atoms with E-state index in [2.05, 4.69) is 5.32 Å². The third-order valence-electron chi connectivity index (χ3n) is 4.35. The summed E-state index contributed by atoms with van der Waals surface area (Å²) >= 11 is 0. The van der Waals surface area contributed by atoms with Crippen LogP contribution in [0.5, 0.6) is 0 Å². The van der Waals surface area contributed by atoms with Crippen molar-refractivity contribution in [1.82, 2.24) is 10.2 Å². The molecule has 0 spiro atoms. The zero-order valence-electron chi connectivity index (χ0n) is 11.0. The molecule has 0 aromatic heterocycles. The largest absolute Gasteiger partial charge is 0.343 e. The first-order valence-corrected chi connectivity index (χ1v) is 6.65. The van der Waals surface area contributed by atoms with Gasteiger partial charge in [-0.1, -0.05) is 19.8 Å². The first-order chi connectivity index (χ1) is 8.00. The van der Waals surface area contributed by atoms with Gasteiger partial charge in [0.2, 0.25) is 11.8 Å². The molecular weight excluding hydrogens is 216 g/mol. The van der Waals surface area contributed by atoms with Gasteiger partial charge in [0.05, 0.1) is 0 Å². The topological polar surface area (TPSA) is 49.4 Å². The second-order valence-corrected chi connectivity index (χ2v) is 5.47. The minimum atomic E-state index is -0.654. The molecule has 2 fully saturated rings. The van der Waals surface area contributed by atoms with Crippen LogP contribution in [-0.2, 0) is 9.59 Å². The Morgan fingerprint density at radius 3 is 2.47 bits per heavy atom. The summed E-state index contributed by atoms with van der Waals surface area (Å²) in [6.45, 7) is 5.65. The average Bonchev–Trinajstić information content (AvgIpc) is 2.80. The second-order valence-electron chi connectivity index (χ2n) is 5.47. The molecule has 96 valence electrons. The summed E-state index contributed by atoms with van der Waals surface area (Å²) in [5.74, 6) is 0.0832. The van der Waals surface area contributed by atoms with Gasteiger partial charge in [-0.2, -0.15) is 0 Å². The van der Waals surface area contributed by atoms with Crippen molar-refractivity contribution < 1.29 is 9.59 Å². The normalized spacial score (nSPS) is 35.2. The fourth-order valence-electron chi connectivity index (χ4n) is 3.05. The van der Waals surface area contributed by atoms with E-state index < -0.39 is 5.54 Å². The maximum absolute atomic E-state index is 12.3. The molecular formula is C13H22N2O2. The first kappa shape index (κ1) is 12.4. The molecule has 1 N–H and O–H groups in total. The molecule has 17 heavy (non-hydrogen) atoms. The highest BCUT2D eigenvalue weighted by Gasteiger charge is 2.49. The molecule has 2 aliphatic rings. The van der Waals surface area contributed by atoms with Crippen molar-refractivity contribution in [2.24, 2.45) is 0 Å². The van der Waals surface area contributed by atoms with Crippen LogP contribution in [0, 0.1) is 0 Å². The van der Waals surface area contributed by atoms with E-state index >= 15 is 0 Å². The second kappa shape index (κ2) is 4.31. The van der Waals surface area contributed by atoms with E-state index in [4.69, 9.17) is 0 Å². The van der Waals surface area contributed by atoms with Crippen LogP contribution in [0.15, 0.2) is 0 Å². The molecule has 1 saturated carbocycles. The molecule has 2 amide bonds. The summed E-state index contributed by atoms with van der Waals surface area (Å²) in [5.41, 5.74) is -0.654. The van der Waals surface area contributed by atoms with Crippen molar-refractivity contribution in [1.29, 1.82) is 0 Å². The Labute approximate surface area is 103 Å². The van der Waals surface area contributed by atoms with E-state index in [-0.39, 0.29) is 23.9 Å². The number of nitrogens with zero attached hydrogens (tertiary/aromatic N) is 1. The zero-order chi connectivity index (χ0) is 12.6. The van der Waals surface area contributed by atoms with Gasteiger partial charge in [-0.25, -0.2) is 0 Å². The molecule has 0 bridgehead atoms.